The van der Waals surface area contributed by atoms with Crippen LogP contribution in [0, 0.1) is 12.7 Å². The largest absolute Gasteiger partial charge is 0.381 e. The van der Waals surface area contributed by atoms with E-state index < -0.39 is 15.7 Å². The third kappa shape index (κ3) is 4.79. The highest BCUT2D eigenvalue weighted by Crippen LogP contribution is 2.20. The van der Waals surface area contributed by atoms with E-state index in [9.17, 15) is 17.6 Å². The molecule has 0 aliphatic heterocycles. The van der Waals surface area contributed by atoms with E-state index >= 15 is 0 Å². The number of halogens is 1. The summed E-state index contributed by atoms with van der Waals surface area (Å²) in [6.45, 7) is 4.47. The zero-order chi connectivity index (χ0) is 18.6. The number of anilines is 1. The summed E-state index contributed by atoms with van der Waals surface area (Å²) in [5, 5.41) is 5.84. The van der Waals surface area contributed by atoms with Crippen LogP contribution in [-0.2, 0) is 16.4 Å². The number of nitrogens with one attached hydrogen (secondary N) is 2. The third-order valence-corrected chi connectivity index (χ3v) is 4.86. The van der Waals surface area contributed by atoms with Crippen LogP contribution in [0.25, 0.3) is 0 Å². The Kier molecular flexibility index (Phi) is 5.79. The molecule has 0 fully saturated rings. The highest BCUT2D eigenvalue weighted by molar-refractivity contribution is 7.90. The van der Waals surface area contributed by atoms with E-state index in [1.54, 1.807) is 18.2 Å². The third-order valence-electron chi connectivity index (χ3n) is 3.75. The zero-order valence-corrected chi connectivity index (χ0v) is 15.2. The minimum Gasteiger partial charge on any atom is -0.381 e. The molecule has 2 N–H and O–H groups in total. The van der Waals surface area contributed by atoms with Gasteiger partial charge in [-0.1, -0.05) is 6.07 Å². The monoisotopic (exact) mass is 364 g/mol. The fourth-order valence-electron chi connectivity index (χ4n) is 2.36. The molecule has 2 aromatic rings. The number of hydrogen-bond acceptors (Lipinski definition) is 4. The van der Waals surface area contributed by atoms with Crippen molar-refractivity contribution in [2.45, 2.75) is 25.3 Å². The molecule has 134 valence electrons. The maximum atomic E-state index is 14.1. The number of carbonyl (C=O) groups excluding carboxylic acids is 1. The van der Waals surface area contributed by atoms with Crippen molar-refractivity contribution in [3.63, 3.8) is 0 Å². The van der Waals surface area contributed by atoms with E-state index in [0.29, 0.717) is 17.7 Å². The molecule has 5 nitrogen and oxygen atoms in total. The van der Waals surface area contributed by atoms with Crippen LogP contribution in [0.15, 0.2) is 41.3 Å². The first-order valence-corrected chi connectivity index (χ1v) is 9.72. The lowest BCUT2D eigenvalue weighted by Gasteiger charge is -2.12. The smallest absolute Gasteiger partial charge is 0.251 e. The summed E-state index contributed by atoms with van der Waals surface area (Å²) in [5.74, 6) is -0.716. The fraction of sp³-hybridized carbons (Fsp3) is 0.278. The van der Waals surface area contributed by atoms with Crippen molar-refractivity contribution in [3.8, 4) is 0 Å². The maximum absolute atomic E-state index is 14.1. The van der Waals surface area contributed by atoms with Gasteiger partial charge in [0.15, 0.2) is 9.84 Å². The second-order valence-corrected chi connectivity index (χ2v) is 7.78. The van der Waals surface area contributed by atoms with Gasteiger partial charge in [0, 0.05) is 36.2 Å². The van der Waals surface area contributed by atoms with Crippen LogP contribution in [0.1, 0.15) is 28.4 Å². The lowest BCUT2D eigenvalue weighted by Crippen LogP contribution is -2.22. The topological polar surface area (TPSA) is 75.3 Å². The summed E-state index contributed by atoms with van der Waals surface area (Å²) >= 11 is 0. The normalized spacial score (nSPS) is 11.2. The number of amides is 1. The average molecular weight is 364 g/mol. The molecular weight excluding hydrogens is 343 g/mol. The van der Waals surface area contributed by atoms with Gasteiger partial charge in [-0.3, -0.25) is 4.79 Å². The number of benzene rings is 2. The van der Waals surface area contributed by atoms with Crippen LogP contribution >= 0.6 is 0 Å². The maximum Gasteiger partial charge on any atom is 0.251 e. The molecule has 0 heterocycles. The van der Waals surface area contributed by atoms with Gasteiger partial charge in [-0.05, 0) is 49.7 Å². The van der Waals surface area contributed by atoms with Gasteiger partial charge in [-0.15, -0.1) is 0 Å². The van der Waals surface area contributed by atoms with Gasteiger partial charge in [-0.25, -0.2) is 12.8 Å². The predicted molar refractivity (Wildman–Crippen MR) is 96.0 cm³/mol. The average Bonchev–Trinajstić information content (AvgIpc) is 2.54. The summed E-state index contributed by atoms with van der Waals surface area (Å²) in [7, 11) is -3.43. The quantitative estimate of drug-likeness (QED) is 0.826. The summed E-state index contributed by atoms with van der Waals surface area (Å²) in [4.78, 5) is 11.8. The van der Waals surface area contributed by atoms with E-state index in [0.717, 1.165) is 23.6 Å². The Morgan fingerprint density at radius 2 is 1.88 bits per heavy atom. The van der Waals surface area contributed by atoms with E-state index in [4.69, 9.17) is 0 Å². The van der Waals surface area contributed by atoms with Crippen molar-refractivity contribution in [3.05, 3.63) is 58.9 Å². The predicted octanol–water partition coefficient (Wildman–Crippen LogP) is 2.90. The summed E-state index contributed by atoms with van der Waals surface area (Å²) < 4.78 is 37.0. The van der Waals surface area contributed by atoms with Gasteiger partial charge in [0.2, 0.25) is 0 Å². The molecule has 0 aliphatic carbocycles. The van der Waals surface area contributed by atoms with Crippen molar-refractivity contribution in [1.29, 1.82) is 0 Å². The molecule has 2 aromatic carbocycles. The Balaban J connectivity index is 2.13. The Bertz CT molecular complexity index is 895. The highest BCUT2D eigenvalue weighted by atomic mass is 32.2. The standard InChI is InChI=1S/C18H21FN2O3S/c1-4-20-18(22)13-6-8-17(12(2)9-13)21-11-14-5-7-15(10-16(14)19)25(3,23)24/h5-10,21H,4,11H2,1-3H3,(H,20,22). The molecule has 0 saturated heterocycles. The molecule has 1 amide bonds. The number of hydrogen-bond donors (Lipinski definition) is 2. The van der Waals surface area contributed by atoms with Crippen LogP contribution < -0.4 is 10.6 Å². The van der Waals surface area contributed by atoms with Crippen LogP contribution in [0.2, 0.25) is 0 Å². The molecule has 7 heteroatoms. The minimum absolute atomic E-state index is 0.0452. The number of carbonyl (C=O) groups is 1. The van der Waals surface area contributed by atoms with Gasteiger partial charge >= 0.3 is 0 Å². The van der Waals surface area contributed by atoms with Gasteiger partial charge in [0.1, 0.15) is 5.82 Å². The molecule has 25 heavy (non-hydrogen) atoms. The second-order valence-electron chi connectivity index (χ2n) is 5.77. The molecule has 0 spiro atoms. The van der Waals surface area contributed by atoms with Crippen molar-refractivity contribution < 1.29 is 17.6 Å². The minimum atomic E-state index is -3.43. The van der Waals surface area contributed by atoms with E-state index in [1.807, 2.05) is 13.8 Å². The molecule has 0 aromatic heterocycles. The fourth-order valence-corrected chi connectivity index (χ4v) is 2.99. The van der Waals surface area contributed by atoms with E-state index in [1.165, 1.54) is 12.1 Å². The zero-order valence-electron chi connectivity index (χ0n) is 14.4. The first-order chi connectivity index (χ1) is 11.7. The Labute approximate surface area is 147 Å². The molecular formula is C18H21FN2O3S. The van der Waals surface area contributed by atoms with Crippen molar-refractivity contribution in [2.24, 2.45) is 0 Å². The highest BCUT2D eigenvalue weighted by Gasteiger charge is 2.12. The lowest BCUT2D eigenvalue weighted by molar-refractivity contribution is 0.0955. The van der Waals surface area contributed by atoms with Crippen molar-refractivity contribution >= 4 is 21.4 Å². The molecule has 0 bridgehead atoms. The molecule has 0 aliphatic rings. The van der Waals surface area contributed by atoms with Crippen LogP contribution in [0.5, 0.6) is 0 Å². The molecule has 0 saturated carbocycles. The van der Waals surface area contributed by atoms with Crippen LogP contribution in [0.3, 0.4) is 0 Å². The van der Waals surface area contributed by atoms with Gasteiger partial charge in [0.05, 0.1) is 4.90 Å². The molecule has 0 radical (unpaired) electrons. The number of rotatable bonds is 6. The number of sulfone groups is 1. The summed E-state index contributed by atoms with van der Waals surface area (Å²) in [6.07, 6.45) is 1.04. The summed E-state index contributed by atoms with van der Waals surface area (Å²) in [5.41, 5.74) is 2.56. The molecule has 2 rings (SSSR count). The first kappa shape index (κ1) is 18.9. The Hall–Kier alpha value is -2.41. The van der Waals surface area contributed by atoms with E-state index in [2.05, 4.69) is 10.6 Å². The molecule has 0 atom stereocenters. The first-order valence-electron chi connectivity index (χ1n) is 7.83. The van der Waals surface area contributed by atoms with Gasteiger partial charge in [0.25, 0.3) is 5.91 Å². The second kappa shape index (κ2) is 7.65. The van der Waals surface area contributed by atoms with Gasteiger partial charge < -0.3 is 10.6 Å². The molecule has 0 unspecified atom stereocenters. The number of aryl methyl sites for hydroxylation is 1. The van der Waals surface area contributed by atoms with Crippen molar-refractivity contribution in [1.82, 2.24) is 5.32 Å². The van der Waals surface area contributed by atoms with Crippen LogP contribution in [0.4, 0.5) is 10.1 Å². The Morgan fingerprint density at radius 3 is 2.44 bits per heavy atom. The van der Waals surface area contributed by atoms with Crippen molar-refractivity contribution in [2.75, 3.05) is 18.1 Å². The SMILES string of the molecule is CCNC(=O)c1ccc(NCc2ccc(S(C)(=O)=O)cc2F)c(C)c1. The Morgan fingerprint density at radius 1 is 1.16 bits per heavy atom. The van der Waals surface area contributed by atoms with E-state index in [-0.39, 0.29) is 17.3 Å². The lowest BCUT2D eigenvalue weighted by atomic mass is 10.1. The summed E-state index contributed by atoms with van der Waals surface area (Å²) in [6, 6.07) is 9.09. The van der Waals surface area contributed by atoms with Gasteiger partial charge in [-0.2, -0.15) is 0 Å². The van der Waals surface area contributed by atoms with Crippen LogP contribution in [-0.4, -0.2) is 27.1 Å².